The van der Waals surface area contributed by atoms with Gasteiger partial charge < -0.3 is 4.74 Å². The summed E-state index contributed by atoms with van der Waals surface area (Å²) in [6.07, 6.45) is 1.36. The largest absolute Gasteiger partial charge is 0.364 e. The molecule has 0 radical (unpaired) electrons. The van der Waals surface area contributed by atoms with E-state index >= 15 is 0 Å². The van der Waals surface area contributed by atoms with Crippen LogP contribution in [0.2, 0.25) is 5.02 Å². The van der Waals surface area contributed by atoms with Crippen molar-refractivity contribution in [1.29, 1.82) is 0 Å². The molecule has 1 fully saturated rings. The van der Waals surface area contributed by atoms with Gasteiger partial charge in [0.2, 0.25) is 0 Å². The Morgan fingerprint density at radius 3 is 3.00 bits per heavy atom. The van der Waals surface area contributed by atoms with Crippen molar-refractivity contribution in [1.82, 2.24) is 5.43 Å². The van der Waals surface area contributed by atoms with E-state index in [0.29, 0.717) is 0 Å². The average Bonchev–Trinajstić information content (AvgIpc) is 2.89. The summed E-state index contributed by atoms with van der Waals surface area (Å²) in [6, 6.07) is 7.82. The molecule has 4 nitrogen and oxygen atoms in total. The normalized spacial score (nSPS) is 22.4. The van der Waals surface area contributed by atoms with Crippen LogP contribution in [0.25, 0.3) is 0 Å². The number of carbonyl (C=O) groups excluding carboxylic acids is 1. The van der Waals surface area contributed by atoms with Crippen molar-refractivity contribution in [2.45, 2.75) is 30.8 Å². The molecule has 0 bridgehead atoms. The number of benzene rings is 1. The Morgan fingerprint density at radius 1 is 1.47 bits per heavy atom. The van der Waals surface area contributed by atoms with E-state index in [1.807, 2.05) is 24.3 Å². The molecule has 19 heavy (non-hydrogen) atoms. The van der Waals surface area contributed by atoms with Crippen molar-refractivity contribution in [3.8, 4) is 0 Å². The van der Waals surface area contributed by atoms with Crippen molar-refractivity contribution in [3.05, 3.63) is 34.9 Å². The summed E-state index contributed by atoms with van der Waals surface area (Å²) >= 11 is 7.86. The summed E-state index contributed by atoms with van der Waals surface area (Å²) in [5.74, 6) is 6.57. The van der Waals surface area contributed by atoms with Gasteiger partial charge in [-0.25, -0.2) is 5.84 Å². The zero-order valence-electron chi connectivity index (χ0n) is 10.5. The number of ether oxygens (including phenoxy) is 1. The SMILES string of the molecule is NNC(=O)C1CCC(CSCc2ccccc2Cl)O1. The molecule has 6 heteroatoms. The van der Waals surface area contributed by atoms with Crippen LogP contribution in [0.3, 0.4) is 0 Å². The molecule has 1 aromatic rings. The molecule has 1 aliphatic heterocycles. The highest BCUT2D eigenvalue weighted by Crippen LogP contribution is 2.26. The first-order valence-corrected chi connectivity index (χ1v) is 7.71. The lowest BCUT2D eigenvalue weighted by Crippen LogP contribution is -2.39. The second kappa shape index (κ2) is 7.14. The monoisotopic (exact) mass is 300 g/mol. The summed E-state index contributed by atoms with van der Waals surface area (Å²) in [7, 11) is 0. The van der Waals surface area contributed by atoms with Gasteiger partial charge in [0.15, 0.2) is 0 Å². The van der Waals surface area contributed by atoms with Gasteiger partial charge in [0, 0.05) is 16.5 Å². The molecule has 0 spiro atoms. The van der Waals surface area contributed by atoms with Gasteiger partial charge in [-0.15, -0.1) is 0 Å². The number of thioether (sulfide) groups is 1. The molecular formula is C13H17ClN2O2S. The molecule has 1 amide bonds. The number of halogens is 1. The molecule has 0 aromatic heterocycles. The van der Waals surface area contributed by atoms with Crippen LogP contribution in [-0.2, 0) is 15.3 Å². The van der Waals surface area contributed by atoms with Crippen LogP contribution in [0.15, 0.2) is 24.3 Å². The third kappa shape index (κ3) is 4.11. The smallest absolute Gasteiger partial charge is 0.263 e. The van der Waals surface area contributed by atoms with Crippen LogP contribution in [0.5, 0.6) is 0 Å². The maximum absolute atomic E-state index is 11.3. The minimum atomic E-state index is -0.393. The molecule has 2 rings (SSSR count). The highest BCUT2D eigenvalue weighted by atomic mass is 35.5. The fraction of sp³-hybridized carbons (Fsp3) is 0.462. The minimum absolute atomic E-state index is 0.120. The Morgan fingerprint density at radius 2 is 2.26 bits per heavy atom. The Kier molecular flexibility index (Phi) is 5.51. The lowest BCUT2D eigenvalue weighted by Gasteiger charge is -2.12. The maximum Gasteiger partial charge on any atom is 0.263 e. The predicted molar refractivity (Wildman–Crippen MR) is 77.8 cm³/mol. The zero-order chi connectivity index (χ0) is 13.7. The van der Waals surface area contributed by atoms with Crippen LogP contribution in [-0.4, -0.2) is 23.9 Å². The number of hydrogen-bond donors (Lipinski definition) is 2. The van der Waals surface area contributed by atoms with E-state index in [-0.39, 0.29) is 12.0 Å². The number of rotatable bonds is 5. The second-order valence-electron chi connectivity index (χ2n) is 4.44. The summed E-state index contributed by atoms with van der Waals surface area (Å²) in [4.78, 5) is 11.3. The van der Waals surface area contributed by atoms with Crippen molar-refractivity contribution in [2.24, 2.45) is 5.84 Å². The molecule has 2 atom stereocenters. The summed E-state index contributed by atoms with van der Waals surface area (Å²) in [5, 5.41) is 0.794. The van der Waals surface area contributed by atoms with Gasteiger partial charge in [0.1, 0.15) is 6.10 Å². The van der Waals surface area contributed by atoms with Crippen LogP contribution >= 0.6 is 23.4 Å². The number of hydrazine groups is 1. The van der Waals surface area contributed by atoms with Crippen LogP contribution in [0.4, 0.5) is 0 Å². The van der Waals surface area contributed by atoms with Gasteiger partial charge in [-0.05, 0) is 24.5 Å². The fourth-order valence-corrected chi connectivity index (χ4v) is 3.41. The molecule has 3 N–H and O–H groups in total. The second-order valence-corrected chi connectivity index (χ2v) is 5.88. The number of carbonyl (C=O) groups is 1. The first-order valence-electron chi connectivity index (χ1n) is 6.17. The summed E-state index contributed by atoms with van der Waals surface area (Å²) < 4.78 is 5.64. The predicted octanol–water partition coefficient (Wildman–Crippen LogP) is 2.11. The Labute approximate surface area is 122 Å². The summed E-state index contributed by atoms with van der Waals surface area (Å²) in [5.41, 5.74) is 3.26. The molecule has 0 aliphatic carbocycles. The highest BCUT2D eigenvalue weighted by molar-refractivity contribution is 7.98. The molecule has 1 aromatic carbocycles. The van der Waals surface area contributed by atoms with E-state index in [9.17, 15) is 4.79 Å². The van der Waals surface area contributed by atoms with Crippen molar-refractivity contribution in [2.75, 3.05) is 5.75 Å². The van der Waals surface area contributed by atoms with Crippen LogP contribution in [0, 0.1) is 0 Å². The molecule has 2 unspecified atom stereocenters. The first-order chi connectivity index (χ1) is 9.20. The standard InChI is InChI=1S/C13H17ClN2O2S/c14-11-4-2-1-3-9(11)7-19-8-10-5-6-12(18-10)13(17)16-15/h1-4,10,12H,5-8,15H2,(H,16,17). The topological polar surface area (TPSA) is 64.3 Å². The number of amides is 1. The lowest BCUT2D eigenvalue weighted by molar-refractivity contribution is -0.131. The van der Waals surface area contributed by atoms with Gasteiger partial charge in [0.25, 0.3) is 5.91 Å². The molecule has 1 saturated heterocycles. The van der Waals surface area contributed by atoms with E-state index in [1.165, 1.54) is 0 Å². The molecule has 104 valence electrons. The third-order valence-corrected chi connectivity index (χ3v) is 4.55. The Hall–Kier alpha value is -0.750. The van der Waals surface area contributed by atoms with Gasteiger partial charge >= 0.3 is 0 Å². The van der Waals surface area contributed by atoms with Crippen molar-refractivity contribution >= 4 is 29.3 Å². The van der Waals surface area contributed by atoms with Gasteiger partial charge in [-0.2, -0.15) is 11.8 Å². The molecule has 1 heterocycles. The molecular weight excluding hydrogens is 284 g/mol. The van der Waals surface area contributed by atoms with Crippen molar-refractivity contribution < 1.29 is 9.53 Å². The fourth-order valence-electron chi connectivity index (χ4n) is 2.03. The van der Waals surface area contributed by atoms with Gasteiger partial charge in [-0.1, -0.05) is 29.8 Å². The number of nitrogens with one attached hydrogen (secondary N) is 1. The lowest BCUT2D eigenvalue weighted by atomic mass is 10.2. The zero-order valence-corrected chi connectivity index (χ0v) is 12.0. The quantitative estimate of drug-likeness (QED) is 0.497. The van der Waals surface area contributed by atoms with E-state index in [1.54, 1.807) is 11.8 Å². The minimum Gasteiger partial charge on any atom is -0.364 e. The summed E-state index contributed by atoms with van der Waals surface area (Å²) in [6.45, 7) is 0. The van der Waals surface area contributed by atoms with E-state index in [2.05, 4.69) is 5.43 Å². The first kappa shape index (κ1) is 14.7. The molecule has 0 saturated carbocycles. The van der Waals surface area contributed by atoms with Gasteiger partial charge in [-0.3, -0.25) is 10.2 Å². The number of hydrogen-bond acceptors (Lipinski definition) is 4. The van der Waals surface area contributed by atoms with Gasteiger partial charge in [0.05, 0.1) is 6.10 Å². The van der Waals surface area contributed by atoms with Crippen molar-refractivity contribution in [3.63, 3.8) is 0 Å². The number of nitrogens with two attached hydrogens (primary N) is 1. The highest BCUT2D eigenvalue weighted by Gasteiger charge is 2.29. The van der Waals surface area contributed by atoms with Crippen LogP contribution < -0.4 is 11.3 Å². The van der Waals surface area contributed by atoms with E-state index in [4.69, 9.17) is 22.2 Å². The Balaban J connectivity index is 1.73. The average molecular weight is 301 g/mol. The Bertz CT molecular complexity index is 444. The van der Waals surface area contributed by atoms with Crippen LogP contribution in [0.1, 0.15) is 18.4 Å². The third-order valence-electron chi connectivity index (χ3n) is 3.06. The van der Waals surface area contributed by atoms with E-state index in [0.717, 1.165) is 34.9 Å². The molecule has 1 aliphatic rings. The maximum atomic E-state index is 11.3. The van der Waals surface area contributed by atoms with E-state index < -0.39 is 6.10 Å².